The topological polar surface area (TPSA) is 113 Å². The number of sulfonamides is 1. The van der Waals surface area contributed by atoms with Gasteiger partial charge in [-0.1, -0.05) is 11.6 Å². The molecule has 2 rings (SSSR count). The van der Waals surface area contributed by atoms with Crippen molar-refractivity contribution >= 4 is 33.6 Å². The van der Waals surface area contributed by atoms with E-state index in [0.717, 1.165) is 6.07 Å². The summed E-state index contributed by atoms with van der Waals surface area (Å²) in [4.78, 5) is 23.1. The molecule has 0 aromatic heterocycles. The standard InChI is InChI=1S/C12H12ClNO6S/c1-6-4-10(12(16)19-6)20-11(15)8-5-7(21(14,17)18)2-3-9(8)13/h2-3,5-6,10H,4H2,1H3,(H2,14,17,18)/t6-,10-/m1/s1. The number of ether oxygens (including phenoxy) is 2. The zero-order chi connectivity index (χ0) is 15.8. The highest BCUT2D eigenvalue weighted by molar-refractivity contribution is 7.89. The number of carbonyl (C=O) groups excluding carboxylic acids is 2. The molecule has 1 aliphatic heterocycles. The van der Waals surface area contributed by atoms with Gasteiger partial charge >= 0.3 is 11.9 Å². The van der Waals surface area contributed by atoms with Crippen LogP contribution < -0.4 is 5.14 Å². The molecule has 0 unspecified atom stereocenters. The van der Waals surface area contributed by atoms with Gasteiger partial charge in [0.15, 0.2) is 0 Å². The Hall–Kier alpha value is -1.64. The highest BCUT2D eigenvalue weighted by Gasteiger charge is 2.35. The molecule has 0 aliphatic carbocycles. The summed E-state index contributed by atoms with van der Waals surface area (Å²) in [6.07, 6.45) is -1.14. The zero-order valence-electron chi connectivity index (χ0n) is 10.9. The van der Waals surface area contributed by atoms with Crippen LogP contribution in [0.5, 0.6) is 0 Å². The number of rotatable bonds is 3. The molecule has 114 valence electrons. The van der Waals surface area contributed by atoms with Crippen LogP contribution in [0.25, 0.3) is 0 Å². The largest absolute Gasteiger partial charge is 0.460 e. The normalized spacial score (nSPS) is 22.0. The van der Waals surface area contributed by atoms with Gasteiger partial charge in [-0.25, -0.2) is 23.1 Å². The summed E-state index contributed by atoms with van der Waals surface area (Å²) in [6.45, 7) is 1.67. The molecule has 1 heterocycles. The number of nitrogens with two attached hydrogens (primary N) is 1. The van der Waals surface area contributed by atoms with Gasteiger partial charge in [0.2, 0.25) is 16.1 Å². The number of halogens is 1. The number of carbonyl (C=O) groups is 2. The van der Waals surface area contributed by atoms with Gasteiger partial charge in [-0.05, 0) is 25.1 Å². The van der Waals surface area contributed by atoms with Gasteiger partial charge in [0.1, 0.15) is 6.10 Å². The van der Waals surface area contributed by atoms with E-state index >= 15 is 0 Å². The Kier molecular flexibility index (Phi) is 4.22. The lowest BCUT2D eigenvalue weighted by atomic mass is 10.2. The minimum Gasteiger partial charge on any atom is -0.460 e. The lowest BCUT2D eigenvalue weighted by molar-refractivity contribution is -0.147. The Balaban J connectivity index is 2.25. The summed E-state index contributed by atoms with van der Waals surface area (Å²) in [5.74, 6) is -1.56. The monoisotopic (exact) mass is 333 g/mol. The molecule has 1 fully saturated rings. The second kappa shape index (κ2) is 5.63. The maximum Gasteiger partial charge on any atom is 0.347 e. The minimum atomic E-state index is -3.98. The third-order valence-electron chi connectivity index (χ3n) is 2.86. The fraction of sp³-hybridized carbons (Fsp3) is 0.333. The summed E-state index contributed by atoms with van der Waals surface area (Å²) in [5.41, 5.74) is -0.185. The van der Waals surface area contributed by atoms with E-state index in [1.54, 1.807) is 6.92 Å². The molecular weight excluding hydrogens is 322 g/mol. The van der Waals surface area contributed by atoms with E-state index in [1.165, 1.54) is 12.1 Å². The quantitative estimate of drug-likeness (QED) is 0.820. The number of hydrogen-bond donors (Lipinski definition) is 1. The summed E-state index contributed by atoms with van der Waals surface area (Å²) in [7, 11) is -3.98. The van der Waals surface area contributed by atoms with Crippen molar-refractivity contribution in [3.05, 3.63) is 28.8 Å². The number of benzene rings is 1. The molecule has 0 spiro atoms. The average molecular weight is 334 g/mol. The third-order valence-corrected chi connectivity index (χ3v) is 4.10. The van der Waals surface area contributed by atoms with Crippen molar-refractivity contribution in [1.29, 1.82) is 0 Å². The van der Waals surface area contributed by atoms with Crippen LogP contribution >= 0.6 is 11.6 Å². The van der Waals surface area contributed by atoms with Crippen molar-refractivity contribution in [1.82, 2.24) is 0 Å². The Labute approximate surface area is 126 Å². The van der Waals surface area contributed by atoms with Gasteiger partial charge < -0.3 is 9.47 Å². The van der Waals surface area contributed by atoms with Crippen LogP contribution in [-0.2, 0) is 24.3 Å². The van der Waals surface area contributed by atoms with Gasteiger partial charge in [0.05, 0.1) is 15.5 Å². The second-order valence-corrected chi connectivity index (χ2v) is 6.53. The first-order valence-corrected chi connectivity index (χ1v) is 7.84. The van der Waals surface area contributed by atoms with Crippen molar-refractivity contribution in [2.45, 2.75) is 30.4 Å². The first kappa shape index (κ1) is 15.7. The van der Waals surface area contributed by atoms with Crippen molar-refractivity contribution in [3.8, 4) is 0 Å². The maximum absolute atomic E-state index is 12.0. The van der Waals surface area contributed by atoms with E-state index < -0.39 is 28.1 Å². The van der Waals surface area contributed by atoms with Gasteiger partial charge in [0.25, 0.3) is 0 Å². The van der Waals surface area contributed by atoms with Gasteiger partial charge in [-0.2, -0.15) is 0 Å². The minimum absolute atomic E-state index is 0.00758. The van der Waals surface area contributed by atoms with Crippen LogP contribution in [0.2, 0.25) is 5.02 Å². The molecule has 2 atom stereocenters. The molecule has 0 saturated carbocycles. The molecule has 1 aromatic carbocycles. The molecule has 21 heavy (non-hydrogen) atoms. The molecule has 1 aliphatic rings. The number of hydrogen-bond acceptors (Lipinski definition) is 6. The molecule has 0 amide bonds. The van der Waals surface area contributed by atoms with Gasteiger partial charge in [-0.15, -0.1) is 0 Å². The molecule has 2 N–H and O–H groups in total. The van der Waals surface area contributed by atoms with E-state index in [-0.39, 0.29) is 28.0 Å². The van der Waals surface area contributed by atoms with Crippen LogP contribution in [0.15, 0.2) is 23.1 Å². The van der Waals surface area contributed by atoms with E-state index in [2.05, 4.69) is 0 Å². The molecule has 0 radical (unpaired) electrons. The Bertz CT molecular complexity index is 702. The van der Waals surface area contributed by atoms with Crippen molar-refractivity contribution in [3.63, 3.8) is 0 Å². The number of primary sulfonamides is 1. The Morgan fingerprint density at radius 2 is 2.14 bits per heavy atom. The highest BCUT2D eigenvalue weighted by Crippen LogP contribution is 2.24. The fourth-order valence-electron chi connectivity index (χ4n) is 1.85. The van der Waals surface area contributed by atoms with E-state index in [4.69, 9.17) is 26.2 Å². The smallest absolute Gasteiger partial charge is 0.347 e. The molecule has 0 bridgehead atoms. The van der Waals surface area contributed by atoms with E-state index in [9.17, 15) is 18.0 Å². The summed E-state index contributed by atoms with van der Waals surface area (Å²) >= 11 is 5.84. The molecule has 9 heteroatoms. The molecule has 1 saturated heterocycles. The van der Waals surface area contributed by atoms with Crippen LogP contribution in [0.3, 0.4) is 0 Å². The fourth-order valence-corrected chi connectivity index (χ4v) is 2.58. The first-order chi connectivity index (χ1) is 9.68. The lowest BCUT2D eigenvalue weighted by Crippen LogP contribution is -2.23. The Morgan fingerprint density at radius 1 is 1.48 bits per heavy atom. The summed E-state index contributed by atoms with van der Waals surface area (Å²) < 4.78 is 32.4. The highest BCUT2D eigenvalue weighted by atomic mass is 35.5. The predicted octanol–water partition coefficient (Wildman–Crippen LogP) is 0.848. The summed E-state index contributed by atoms with van der Waals surface area (Å²) in [5, 5.41) is 4.98. The van der Waals surface area contributed by atoms with Crippen molar-refractivity contribution < 1.29 is 27.5 Å². The molecular formula is C12H12ClNO6S. The summed E-state index contributed by atoms with van der Waals surface area (Å²) in [6, 6.07) is 3.39. The van der Waals surface area contributed by atoms with Crippen LogP contribution in [0.1, 0.15) is 23.7 Å². The van der Waals surface area contributed by atoms with Crippen LogP contribution in [0, 0.1) is 0 Å². The molecule has 7 nitrogen and oxygen atoms in total. The SMILES string of the molecule is C[C@@H]1C[C@@H](OC(=O)c2cc(S(N)(=O)=O)ccc2Cl)C(=O)O1. The number of esters is 2. The Morgan fingerprint density at radius 3 is 2.67 bits per heavy atom. The van der Waals surface area contributed by atoms with E-state index in [1.807, 2.05) is 0 Å². The van der Waals surface area contributed by atoms with Crippen molar-refractivity contribution in [2.24, 2.45) is 5.14 Å². The number of cyclic esters (lactones) is 1. The predicted molar refractivity (Wildman–Crippen MR) is 72.2 cm³/mol. The molecule has 1 aromatic rings. The van der Waals surface area contributed by atoms with Crippen LogP contribution in [0.4, 0.5) is 0 Å². The maximum atomic E-state index is 12.0. The second-order valence-electron chi connectivity index (χ2n) is 4.56. The first-order valence-electron chi connectivity index (χ1n) is 5.92. The van der Waals surface area contributed by atoms with Gasteiger partial charge in [0, 0.05) is 6.42 Å². The average Bonchev–Trinajstić information content (AvgIpc) is 2.66. The van der Waals surface area contributed by atoms with Crippen molar-refractivity contribution in [2.75, 3.05) is 0 Å². The van der Waals surface area contributed by atoms with Gasteiger partial charge in [-0.3, -0.25) is 0 Å². The third kappa shape index (κ3) is 3.52. The van der Waals surface area contributed by atoms with Crippen LogP contribution in [-0.4, -0.2) is 32.6 Å². The zero-order valence-corrected chi connectivity index (χ0v) is 12.5. The lowest BCUT2D eigenvalue weighted by Gasteiger charge is -2.10. The van der Waals surface area contributed by atoms with E-state index in [0.29, 0.717) is 0 Å².